The van der Waals surface area contributed by atoms with Gasteiger partial charge in [0.1, 0.15) is 24.3 Å². The number of likely N-dealkylation sites (N-methyl/N-ethyl adjacent to an activating group) is 1. The van der Waals surface area contributed by atoms with Crippen molar-refractivity contribution in [1.82, 2.24) is 30.9 Å². The largest absolute Gasteiger partial charge is 0.444 e. The number of aliphatic hydroxyl groups is 3. The van der Waals surface area contributed by atoms with E-state index in [1.807, 2.05) is 51.5 Å². The summed E-state index contributed by atoms with van der Waals surface area (Å²) in [7, 11) is 5.92. The third-order valence-corrected chi connectivity index (χ3v) is 9.60. The third kappa shape index (κ3) is 18.6. The molecule has 338 valence electrons. The number of benzene rings is 1. The van der Waals surface area contributed by atoms with Crippen molar-refractivity contribution < 1.29 is 63.4 Å². The fourth-order valence-corrected chi connectivity index (χ4v) is 6.42. The van der Waals surface area contributed by atoms with Gasteiger partial charge in [0.2, 0.25) is 5.91 Å². The van der Waals surface area contributed by atoms with Crippen LogP contribution in [0, 0.1) is 0 Å². The number of quaternary nitrogens is 1. The lowest BCUT2D eigenvalue weighted by atomic mass is 9.99. The van der Waals surface area contributed by atoms with Gasteiger partial charge in [0, 0.05) is 51.0 Å². The summed E-state index contributed by atoms with van der Waals surface area (Å²) in [4.78, 5) is 39.5. The predicted octanol–water partition coefficient (Wildman–Crippen LogP) is -0.935. The number of hydrogen-bond acceptors (Lipinski definition) is 14. The average molecular weight is 852 g/mol. The van der Waals surface area contributed by atoms with Crippen LogP contribution in [0.4, 0.5) is 4.79 Å². The zero-order valence-corrected chi connectivity index (χ0v) is 36.0. The van der Waals surface area contributed by atoms with Crippen molar-refractivity contribution in [3.05, 3.63) is 47.8 Å². The second-order valence-electron chi connectivity index (χ2n) is 16.7. The van der Waals surface area contributed by atoms with Crippen molar-refractivity contribution in [3.8, 4) is 0 Å². The molecule has 0 radical (unpaired) electrons. The van der Waals surface area contributed by atoms with Crippen LogP contribution in [0.5, 0.6) is 0 Å². The molecule has 0 bridgehead atoms. The van der Waals surface area contributed by atoms with E-state index in [9.17, 15) is 29.7 Å². The molecule has 1 aliphatic heterocycles. The number of nitrogens with zero attached hydrogens (tertiary/aromatic N) is 5. The Morgan fingerprint density at radius 1 is 1.03 bits per heavy atom. The standard InChI is InChI=1S/C40H67N9O11/c1-40(2,3)60-39(55)45-32(36(53)42-15-18-56-20-21-57-19-16-44-41)22-30-25-48(47-46-30)17-11-10-14-33(49(4,5)6)37(54)43-24-29(28-12-8-7-9-13-28)27-58-38-35(52)34(51)23-31(26-50)59-38/h7-9,12-13,25,29,31-35,38,41,50-52H,10-11,14-24,26-27H2,1-6H3,(H2-,42,43,45,53,54,55)/p+2/t29?,31-,32-,33-,34-,35+,38+/m0/s1. The van der Waals surface area contributed by atoms with Crippen molar-refractivity contribution in [2.75, 3.05) is 80.4 Å². The molecule has 0 spiro atoms. The number of carbonyl (C=O) groups excluding carboxylic acids is 3. The number of nitrogens with one attached hydrogen (secondary N) is 3. The molecule has 20 nitrogen and oxygen atoms in total. The average Bonchev–Trinajstić information content (AvgIpc) is 3.64. The first-order chi connectivity index (χ1) is 28.5. The highest BCUT2D eigenvalue weighted by Gasteiger charge is 2.38. The monoisotopic (exact) mass is 852 g/mol. The first-order valence-corrected chi connectivity index (χ1v) is 20.6. The molecule has 2 aromatic rings. The highest BCUT2D eigenvalue weighted by atomic mass is 16.7. The van der Waals surface area contributed by atoms with Gasteiger partial charge < -0.3 is 59.4 Å². The summed E-state index contributed by atoms with van der Waals surface area (Å²) in [5.74, 6) is -0.834. The van der Waals surface area contributed by atoms with Crippen molar-refractivity contribution in [3.63, 3.8) is 0 Å². The Labute approximate surface area is 352 Å². The second kappa shape index (κ2) is 25.6. The van der Waals surface area contributed by atoms with E-state index in [1.54, 1.807) is 31.6 Å². The second-order valence-corrected chi connectivity index (χ2v) is 16.7. The molecule has 1 unspecified atom stereocenters. The maximum Gasteiger partial charge on any atom is 0.408 e. The van der Waals surface area contributed by atoms with Gasteiger partial charge in [0.05, 0.1) is 78.7 Å². The smallest absolute Gasteiger partial charge is 0.408 e. The molecule has 1 saturated heterocycles. The fraction of sp³-hybridized carbons (Fsp3) is 0.725. The molecule has 0 aliphatic carbocycles. The molecule has 20 heteroatoms. The van der Waals surface area contributed by atoms with E-state index in [0.29, 0.717) is 62.3 Å². The van der Waals surface area contributed by atoms with Crippen LogP contribution in [-0.4, -0.2) is 175 Å². The van der Waals surface area contributed by atoms with Gasteiger partial charge >= 0.3 is 6.09 Å². The quantitative estimate of drug-likeness (QED) is 0.0326. The highest BCUT2D eigenvalue weighted by Crippen LogP contribution is 2.24. The normalized spacial score (nSPS) is 19.8. The van der Waals surface area contributed by atoms with Crippen LogP contribution in [0.15, 0.2) is 41.6 Å². The van der Waals surface area contributed by atoms with Crippen molar-refractivity contribution >= 4 is 17.9 Å². The first-order valence-electron chi connectivity index (χ1n) is 20.6. The molecule has 3 amide bonds. The summed E-state index contributed by atoms with van der Waals surface area (Å²) in [6.45, 7) is 7.72. The van der Waals surface area contributed by atoms with Gasteiger partial charge in [-0.05, 0) is 44.3 Å². The summed E-state index contributed by atoms with van der Waals surface area (Å²) < 4.78 is 29.9. The van der Waals surface area contributed by atoms with Crippen molar-refractivity contribution in [2.24, 2.45) is 5.11 Å². The highest BCUT2D eigenvalue weighted by molar-refractivity contribution is 5.86. The first kappa shape index (κ1) is 50.2. The lowest BCUT2D eigenvalue weighted by Crippen LogP contribution is -2.54. The maximum absolute atomic E-state index is 13.7. The Balaban J connectivity index is 1.53. The third-order valence-electron chi connectivity index (χ3n) is 9.60. The van der Waals surface area contributed by atoms with E-state index in [-0.39, 0.29) is 63.6 Å². The molecule has 3 rings (SSSR count). The topological polar surface area (TPSA) is 263 Å². The van der Waals surface area contributed by atoms with Gasteiger partial charge in [-0.15, -0.1) is 5.10 Å². The number of hydrogen-bond donors (Lipinski definition) is 7. The van der Waals surface area contributed by atoms with E-state index < -0.39 is 48.2 Å². The molecule has 8 N–H and O–H groups in total. The summed E-state index contributed by atoms with van der Waals surface area (Å²) in [5, 5.41) is 50.8. The fourth-order valence-electron chi connectivity index (χ4n) is 6.42. The number of nitrogens with two attached hydrogens (primary N) is 1. The molecule has 2 heterocycles. The molecule has 1 aliphatic rings. The van der Waals surface area contributed by atoms with E-state index in [2.05, 4.69) is 31.4 Å². The van der Waals surface area contributed by atoms with Crippen molar-refractivity contribution in [2.45, 2.75) is 108 Å². The summed E-state index contributed by atoms with van der Waals surface area (Å²) in [5.41, 5.74) is 5.74. The predicted molar refractivity (Wildman–Crippen MR) is 217 cm³/mol. The van der Waals surface area contributed by atoms with E-state index in [1.165, 1.54) is 0 Å². The van der Waals surface area contributed by atoms with Crippen LogP contribution >= 0.6 is 0 Å². The van der Waals surface area contributed by atoms with Crippen LogP contribution in [0.3, 0.4) is 0 Å². The van der Waals surface area contributed by atoms with E-state index >= 15 is 0 Å². The lowest BCUT2D eigenvalue weighted by Gasteiger charge is -2.37. The van der Waals surface area contributed by atoms with Crippen LogP contribution in [0.1, 0.15) is 63.6 Å². The number of aryl methyl sites for hydroxylation is 1. The van der Waals surface area contributed by atoms with Crippen LogP contribution in [-0.2, 0) is 46.2 Å². The van der Waals surface area contributed by atoms with Crippen LogP contribution < -0.4 is 21.5 Å². The summed E-state index contributed by atoms with van der Waals surface area (Å²) in [6, 6.07) is 8.20. The lowest BCUT2D eigenvalue weighted by molar-refractivity contribution is -0.886. The summed E-state index contributed by atoms with van der Waals surface area (Å²) in [6.07, 6.45) is -0.974. The molecule has 1 aromatic heterocycles. The number of amides is 3. The minimum atomic E-state index is -1.27. The Bertz CT molecular complexity index is 1570. The number of ether oxygens (including phenoxy) is 5. The Morgan fingerprint density at radius 3 is 2.42 bits per heavy atom. The van der Waals surface area contributed by atoms with Crippen LogP contribution in [0.25, 0.3) is 0 Å². The zero-order valence-electron chi connectivity index (χ0n) is 36.0. The molecular formula is C40H69N9O11+2. The molecule has 0 saturated carbocycles. The number of unbranched alkanes of at least 4 members (excludes halogenated alkanes) is 1. The molecule has 1 aromatic carbocycles. The molecule has 7 atom stereocenters. The number of alkyl carbamates (subject to hydrolysis) is 1. The van der Waals surface area contributed by atoms with Gasteiger partial charge in [-0.25, -0.2) is 4.79 Å². The Kier molecular flexibility index (Phi) is 21.4. The number of carbonyl (C=O) groups is 3. The number of aromatic nitrogens is 3. The SMILES string of the molecule is CC(C)(C)OC(=O)N[C@@H](Cc1cn(CCCC[C@@H](C(=O)NCC(CO[C@@H]2O[C@H](CO)C[C@H](O)[C@H]2O)c2ccccc2)[N+](C)(C)C)nn1)C(=O)NCCOCCOCCN=[NH2+]. The van der Waals surface area contributed by atoms with Gasteiger partial charge in [-0.2, -0.15) is 5.53 Å². The molecular weight excluding hydrogens is 782 g/mol. The van der Waals surface area contributed by atoms with Gasteiger partial charge in [-0.3, -0.25) is 14.3 Å². The number of aliphatic hydroxyl groups excluding tert-OH is 3. The molecule has 60 heavy (non-hydrogen) atoms. The number of rotatable bonds is 27. The van der Waals surface area contributed by atoms with Gasteiger partial charge in [-0.1, -0.05) is 35.5 Å². The zero-order chi connectivity index (χ0) is 44.1. The Morgan fingerprint density at radius 2 is 1.75 bits per heavy atom. The summed E-state index contributed by atoms with van der Waals surface area (Å²) >= 11 is 0. The van der Waals surface area contributed by atoms with Crippen LogP contribution in [0.2, 0.25) is 0 Å². The van der Waals surface area contributed by atoms with Gasteiger partial charge in [0.25, 0.3) is 5.91 Å². The van der Waals surface area contributed by atoms with Crippen molar-refractivity contribution in [1.29, 1.82) is 0 Å². The minimum absolute atomic E-state index is 0.0735. The van der Waals surface area contributed by atoms with Gasteiger partial charge in [0.15, 0.2) is 12.3 Å². The van der Waals surface area contributed by atoms with E-state index in [4.69, 9.17) is 29.2 Å². The minimum Gasteiger partial charge on any atom is -0.444 e. The van der Waals surface area contributed by atoms with E-state index in [0.717, 1.165) is 5.56 Å². The maximum atomic E-state index is 13.7. The molecule has 1 fully saturated rings. The Hall–Kier alpha value is -4.15.